The van der Waals surface area contributed by atoms with E-state index in [9.17, 15) is 4.79 Å². The van der Waals surface area contributed by atoms with E-state index in [2.05, 4.69) is 27.4 Å². The number of carbonyl (C=O) groups excluding carboxylic acids is 1. The number of aromatic nitrogens is 2. The average Bonchev–Trinajstić information content (AvgIpc) is 2.81. The number of aryl methyl sites for hydroxylation is 1. The number of nitrogens with zero attached hydrogens (tertiary/aromatic N) is 4. The third kappa shape index (κ3) is 4.29. The van der Waals surface area contributed by atoms with Crippen molar-refractivity contribution in [2.75, 3.05) is 46.3 Å². The van der Waals surface area contributed by atoms with Crippen LogP contribution < -0.4 is 5.32 Å². The lowest BCUT2D eigenvalue weighted by Gasteiger charge is -2.32. The van der Waals surface area contributed by atoms with Crippen LogP contribution >= 0.6 is 0 Å². The number of nitrogens with one attached hydrogen (secondary N) is 1. The molecule has 0 unspecified atom stereocenters. The van der Waals surface area contributed by atoms with Crippen LogP contribution in [-0.2, 0) is 11.2 Å². The highest BCUT2D eigenvalue weighted by atomic mass is 16.5. The zero-order valence-corrected chi connectivity index (χ0v) is 11.6. The second-order valence-corrected chi connectivity index (χ2v) is 4.85. The van der Waals surface area contributed by atoms with Crippen molar-refractivity contribution in [2.45, 2.75) is 13.3 Å². The van der Waals surface area contributed by atoms with E-state index < -0.39 is 0 Å². The molecule has 0 radical (unpaired) electrons. The van der Waals surface area contributed by atoms with Gasteiger partial charge in [0.25, 0.3) is 0 Å². The van der Waals surface area contributed by atoms with Gasteiger partial charge in [-0.15, -0.1) is 0 Å². The van der Waals surface area contributed by atoms with Crippen molar-refractivity contribution < 1.29 is 9.32 Å². The Morgan fingerprint density at radius 1 is 1.37 bits per heavy atom. The molecule has 1 N–H and O–H groups in total. The van der Waals surface area contributed by atoms with E-state index in [1.54, 1.807) is 6.92 Å². The molecule has 1 amide bonds. The molecule has 0 aliphatic carbocycles. The number of hydrogen-bond donors (Lipinski definition) is 1. The Bertz CT molecular complexity index is 412. The molecule has 0 saturated carbocycles. The van der Waals surface area contributed by atoms with Crippen LogP contribution in [0.5, 0.6) is 0 Å². The Hall–Kier alpha value is -1.47. The van der Waals surface area contributed by atoms with Crippen molar-refractivity contribution in [3.05, 3.63) is 11.7 Å². The molecule has 0 spiro atoms. The van der Waals surface area contributed by atoms with Gasteiger partial charge >= 0.3 is 0 Å². The summed E-state index contributed by atoms with van der Waals surface area (Å²) < 4.78 is 5.00. The van der Waals surface area contributed by atoms with Gasteiger partial charge < -0.3 is 19.6 Å². The van der Waals surface area contributed by atoms with Crippen LogP contribution in [0.2, 0.25) is 0 Å². The summed E-state index contributed by atoms with van der Waals surface area (Å²) in [5.41, 5.74) is 0. The van der Waals surface area contributed by atoms with Gasteiger partial charge in [-0.2, -0.15) is 4.98 Å². The molecule has 0 aromatic carbocycles. The zero-order chi connectivity index (χ0) is 13.7. The SMILES string of the molecule is Cc1noc(CCNCC(=O)N2CCN(C)CC2)n1. The van der Waals surface area contributed by atoms with Gasteiger partial charge in [-0.3, -0.25) is 4.79 Å². The summed E-state index contributed by atoms with van der Waals surface area (Å²) in [6, 6.07) is 0. The lowest BCUT2D eigenvalue weighted by atomic mass is 10.3. The van der Waals surface area contributed by atoms with Crippen LogP contribution in [0.4, 0.5) is 0 Å². The van der Waals surface area contributed by atoms with Crippen LogP contribution in [0.15, 0.2) is 4.52 Å². The Morgan fingerprint density at radius 3 is 2.74 bits per heavy atom. The molecular weight excluding hydrogens is 246 g/mol. The molecule has 106 valence electrons. The predicted molar refractivity (Wildman–Crippen MR) is 69.7 cm³/mol. The molecule has 0 atom stereocenters. The van der Waals surface area contributed by atoms with Gasteiger partial charge in [-0.1, -0.05) is 5.16 Å². The first-order chi connectivity index (χ1) is 9.15. The van der Waals surface area contributed by atoms with E-state index in [1.807, 2.05) is 4.90 Å². The maximum Gasteiger partial charge on any atom is 0.236 e. The summed E-state index contributed by atoms with van der Waals surface area (Å²) in [4.78, 5) is 20.2. The summed E-state index contributed by atoms with van der Waals surface area (Å²) in [7, 11) is 2.08. The van der Waals surface area contributed by atoms with E-state index in [0.29, 0.717) is 31.2 Å². The van der Waals surface area contributed by atoms with Crippen molar-refractivity contribution in [1.29, 1.82) is 0 Å². The Morgan fingerprint density at radius 2 is 2.11 bits per heavy atom. The van der Waals surface area contributed by atoms with E-state index in [-0.39, 0.29) is 5.91 Å². The highest BCUT2D eigenvalue weighted by Gasteiger charge is 2.18. The fourth-order valence-corrected chi connectivity index (χ4v) is 2.00. The minimum absolute atomic E-state index is 0.162. The quantitative estimate of drug-likeness (QED) is 0.710. The number of piperazine rings is 1. The number of likely N-dealkylation sites (N-methyl/N-ethyl adjacent to an activating group) is 1. The topological polar surface area (TPSA) is 74.5 Å². The van der Waals surface area contributed by atoms with Crippen LogP contribution in [0.3, 0.4) is 0 Å². The Labute approximate surface area is 112 Å². The first-order valence-electron chi connectivity index (χ1n) is 6.61. The van der Waals surface area contributed by atoms with Gasteiger partial charge in [0.05, 0.1) is 6.54 Å². The monoisotopic (exact) mass is 267 g/mol. The van der Waals surface area contributed by atoms with Gasteiger partial charge in [0.2, 0.25) is 11.8 Å². The molecule has 1 aromatic rings. The second-order valence-electron chi connectivity index (χ2n) is 4.85. The minimum atomic E-state index is 0.162. The molecule has 1 aliphatic rings. The lowest BCUT2D eigenvalue weighted by molar-refractivity contribution is -0.131. The third-order valence-corrected chi connectivity index (χ3v) is 3.22. The molecule has 7 nitrogen and oxygen atoms in total. The number of carbonyl (C=O) groups is 1. The summed E-state index contributed by atoms with van der Waals surface area (Å²) in [6.45, 7) is 6.37. The summed E-state index contributed by atoms with van der Waals surface area (Å²) in [5, 5.41) is 6.84. The Balaban J connectivity index is 1.61. The van der Waals surface area contributed by atoms with Crippen LogP contribution in [-0.4, -0.2) is 72.2 Å². The van der Waals surface area contributed by atoms with E-state index in [1.165, 1.54) is 0 Å². The molecular formula is C12H21N5O2. The number of amides is 1. The normalized spacial score (nSPS) is 16.8. The standard InChI is InChI=1S/C12H21N5O2/c1-10-14-11(19-15-10)3-4-13-9-12(18)17-7-5-16(2)6-8-17/h13H,3-9H2,1-2H3. The second kappa shape index (κ2) is 6.63. The lowest BCUT2D eigenvalue weighted by Crippen LogP contribution is -2.49. The fourth-order valence-electron chi connectivity index (χ4n) is 2.00. The smallest absolute Gasteiger partial charge is 0.236 e. The van der Waals surface area contributed by atoms with Gasteiger partial charge in [-0.25, -0.2) is 0 Å². The molecule has 19 heavy (non-hydrogen) atoms. The fraction of sp³-hybridized carbons (Fsp3) is 0.750. The molecule has 1 fully saturated rings. The van der Waals surface area contributed by atoms with Crippen LogP contribution in [0.1, 0.15) is 11.7 Å². The van der Waals surface area contributed by atoms with Gasteiger partial charge in [0, 0.05) is 39.1 Å². The third-order valence-electron chi connectivity index (χ3n) is 3.22. The molecule has 2 rings (SSSR count). The highest BCUT2D eigenvalue weighted by molar-refractivity contribution is 5.78. The van der Waals surface area contributed by atoms with Crippen molar-refractivity contribution in [1.82, 2.24) is 25.3 Å². The first-order valence-corrected chi connectivity index (χ1v) is 6.61. The number of hydrogen-bond acceptors (Lipinski definition) is 6. The van der Waals surface area contributed by atoms with Crippen molar-refractivity contribution >= 4 is 5.91 Å². The van der Waals surface area contributed by atoms with Crippen LogP contribution in [0.25, 0.3) is 0 Å². The predicted octanol–water partition coefficient (Wildman–Crippen LogP) is -0.716. The maximum absolute atomic E-state index is 11.9. The Kier molecular flexibility index (Phi) is 4.86. The largest absolute Gasteiger partial charge is 0.339 e. The molecule has 1 saturated heterocycles. The van der Waals surface area contributed by atoms with E-state index in [0.717, 1.165) is 26.2 Å². The van der Waals surface area contributed by atoms with Crippen molar-refractivity contribution in [3.63, 3.8) is 0 Å². The van der Waals surface area contributed by atoms with Crippen molar-refractivity contribution in [3.8, 4) is 0 Å². The zero-order valence-electron chi connectivity index (χ0n) is 11.6. The van der Waals surface area contributed by atoms with Gasteiger partial charge in [-0.05, 0) is 14.0 Å². The van der Waals surface area contributed by atoms with Crippen molar-refractivity contribution in [2.24, 2.45) is 0 Å². The molecule has 7 heteroatoms. The van der Waals surface area contributed by atoms with E-state index in [4.69, 9.17) is 4.52 Å². The minimum Gasteiger partial charge on any atom is -0.339 e. The molecule has 0 bridgehead atoms. The average molecular weight is 267 g/mol. The number of rotatable bonds is 5. The summed E-state index contributed by atoms with van der Waals surface area (Å²) in [5.74, 6) is 1.41. The molecule has 2 heterocycles. The summed E-state index contributed by atoms with van der Waals surface area (Å²) in [6.07, 6.45) is 0.650. The van der Waals surface area contributed by atoms with Gasteiger partial charge in [0.1, 0.15) is 0 Å². The molecule has 1 aromatic heterocycles. The van der Waals surface area contributed by atoms with Crippen LogP contribution in [0, 0.1) is 6.92 Å². The maximum atomic E-state index is 11.9. The highest BCUT2D eigenvalue weighted by Crippen LogP contribution is 1.99. The first kappa shape index (κ1) is 14.0. The van der Waals surface area contributed by atoms with Gasteiger partial charge in [0.15, 0.2) is 5.82 Å². The van der Waals surface area contributed by atoms with E-state index >= 15 is 0 Å². The summed E-state index contributed by atoms with van der Waals surface area (Å²) >= 11 is 0. The molecule has 1 aliphatic heterocycles.